The van der Waals surface area contributed by atoms with Crippen LogP contribution in [0, 0.1) is 6.57 Å². The third kappa shape index (κ3) is 2.21. The first-order chi connectivity index (χ1) is 5.34. The fraction of sp³-hybridized carbons (Fsp3) is 0.250. The predicted octanol–water partition coefficient (Wildman–Crippen LogP) is 2.20. The molecule has 0 fully saturated rings. The first-order valence-electron chi connectivity index (χ1n) is 3.27. The van der Waals surface area contributed by atoms with Gasteiger partial charge in [-0.05, 0) is 11.6 Å². The van der Waals surface area contributed by atoms with E-state index < -0.39 is 0 Å². The Bertz CT molecular complexity index is 278. The number of aromatic nitrogens is 1. The molecule has 1 rings (SSSR count). The Labute approximate surface area is 70.7 Å². The van der Waals surface area contributed by atoms with E-state index in [1.165, 1.54) is 0 Å². The maximum Gasteiger partial charge on any atom is 0.218 e. The first-order valence-corrected chi connectivity index (χ1v) is 3.65. The van der Waals surface area contributed by atoms with Crippen molar-refractivity contribution in [3.05, 3.63) is 40.5 Å². The van der Waals surface area contributed by atoms with Crippen molar-refractivity contribution in [2.75, 3.05) is 6.54 Å². The maximum absolute atomic E-state index is 6.58. The molecular formula is C8H7ClN2. The van der Waals surface area contributed by atoms with E-state index in [1.807, 2.05) is 12.1 Å². The molecule has 11 heavy (non-hydrogen) atoms. The van der Waals surface area contributed by atoms with Crippen molar-refractivity contribution in [1.29, 1.82) is 0 Å². The van der Waals surface area contributed by atoms with Crippen LogP contribution in [0.15, 0.2) is 18.3 Å². The first kappa shape index (κ1) is 8.03. The van der Waals surface area contributed by atoms with Gasteiger partial charge in [0.2, 0.25) is 6.54 Å². The lowest BCUT2D eigenvalue weighted by Crippen LogP contribution is -1.89. The second kappa shape index (κ2) is 3.95. The minimum atomic E-state index is 0.478. The number of pyridine rings is 1. The van der Waals surface area contributed by atoms with Gasteiger partial charge in [-0.2, -0.15) is 0 Å². The highest BCUT2D eigenvalue weighted by Gasteiger charge is 1.99. The van der Waals surface area contributed by atoms with Crippen molar-refractivity contribution in [2.45, 2.75) is 6.42 Å². The summed E-state index contributed by atoms with van der Waals surface area (Å²) in [6.45, 7) is 7.06. The van der Waals surface area contributed by atoms with Crippen LogP contribution in [0.5, 0.6) is 0 Å². The molecule has 0 aliphatic rings. The van der Waals surface area contributed by atoms with Crippen LogP contribution in [0.3, 0.4) is 0 Å². The van der Waals surface area contributed by atoms with E-state index in [0.717, 1.165) is 5.56 Å². The van der Waals surface area contributed by atoms with Gasteiger partial charge in [-0.15, -0.1) is 0 Å². The Balaban J connectivity index is 2.71. The molecular weight excluding hydrogens is 160 g/mol. The van der Waals surface area contributed by atoms with Crippen molar-refractivity contribution in [1.82, 2.24) is 4.98 Å². The fourth-order valence-electron chi connectivity index (χ4n) is 0.782. The third-order valence-electron chi connectivity index (χ3n) is 1.33. The molecule has 0 aromatic carbocycles. The standard InChI is InChI=1S/C8H7ClN2/c1-10-6-4-7-3-2-5-11-8(7)9/h2-3,5H,4,6H2. The van der Waals surface area contributed by atoms with E-state index in [4.69, 9.17) is 18.2 Å². The van der Waals surface area contributed by atoms with Gasteiger partial charge < -0.3 is 4.85 Å². The fourth-order valence-corrected chi connectivity index (χ4v) is 0.996. The average molecular weight is 167 g/mol. The molecule has 1 aromatic heterocycles. The molecule has 0 atom stereocenters. The highest BCUT2D eigenvalue weighted by molar-refractivity contribution is 6.30. The van der Waals surface area contributed by atoms with Gasteiger partial charge in [0.25, 0.3) is 0 Å². The second-order valence-corrected chi connectivity index (χ2v) is 2.44. The van der Waals surface area contributed by atoms with E-state index in [1.54, 1.807) is 6.20 Å². The number of hydrogen-bond acceptors (Lipinski definition) is 1. The van der Waals surface area contributed by atoms with E-state index in [-0.39, 0.29) is 0 Å². The van der Waals surface area contributed by atoms with Gasteiger partial charge in [-0.25, -0.2) is 11.6 Å². The lowest BCUT2D eigenvalue weighted by atomic mass is 10.2. The normalized spacial score (nSPS) is 9.09. The number of hydrogen-bond donors (Lipinski definition) is 0. The Hall–Kier alpha value is -1.07. The van der Waals surface area contributed by atoms with Gasteiger partial charge in [0, 0.05) is 12.6 Å². The molecule has 3 heteroatoms. The Morgan fingerprint density at radius 2 is 2.45 bits per heavy atom. The minimum absolute atomic E-state index is 0.478. The van der Waals surface area contributed by atoms with Crippen LogP contribution in [-0.2, 0) is 6.42 Å². The highest BCUT2D eigenvalue weighted by atomic mass is 35.5. The van der Waals surface area contributed by atoms with Crippen molar-refractivity contribution in [2.24, 2.45) is 0 Å². The van der Waals surface area contributed by atoms with Crippen LogP contribution in [0.25, 0.3) is 4.85 Å². The number of nitrogens with zero attached hydrogens (tertiary/aromatic N) is 2. The van der Waals surface area contributed by atoms with E-state index >= 15 is 0 Å². The maximum atomic E-state index is 6.58. The van der Waals surface area contributed by atoms with Crippen LogP contribution >= 0.6 is 11.6 Å². The lowest BCUT2D eigenvalue weighted by Gasteiger charge is -1.95. The molecule has 0 saturated carbocycles. The summed E-state index contributed by atoms with van der Waals surface area (Å²) in [5, 5.41) is 0.510. The highest BCUT2D eigenvalue weighted by Crippen LogP contribution is 2.11. The Morgan fingerprint density at radius 3 is 3.09 bits per heavy atom. The van der Waals surface area contributed by atoms with Crippen LogP contribution in [0.2, 0.25) is 5.15 Å². The smallest absolute Gasteiger partial charge is 0.218 e. The van der Waals surface area contributed by atoms with Gasteiger partial charge in [-0.3, -0.25) is 0 Å². The molecule has 0 spiro atoms. The average Bonchev–Trinajstić information content (AvgIpc) is 2.03. The Kier molecular flexibility index (Phi) is 2.88. The van der Waals surface area contributed by atoms with Gasteiger partial charge in [0.15, 0.2) is 0 Å². The van der Waals surface area contributed by atoms with E-state index in [2.05, 4.69) is 9.83 Å². The van der Waals surface area contributed by atoms with E-state index in [0.29, 0.717) is 18.1 Å². The molecule has 56 valence electrons. The van der Waals surface area contributed by atoms with Crippen LogP contribution < -0.4 is 0 Å². The Morgan fingerprint density at radius 1 is 1.64 bits per heavy atom. The summed E-state index contributed by atoms with van der Waals surface area (Å²) in [5.41, 5.74) is 0.949. The monoisotopic (exact) mass is 166 g/mol. The van der Waals surface area contributed by atoms with Gasteiger partial charge in [0.1, 0.15) is 5.15 Å². The molecule has 0 unspecified atom stereocenters. The summed E-state index contributed by atoms with van der Waals surface area (Å²) in [7, 11) is 0. The molecule has 2 nitrogen and oxygen atoms in total. The zero-order chi connectivity index (χ0) is 8.10. The topological polar surface area (TPSA) is 17.2 Å². The summed E-state index contributed by atoms with van der Waals surface area (Å²) in [4.78, 5) is 7.13. The molecule has 0 bridgehead atoms. The van der Waals surface area contributed by atoms with Crippen molar-refractivity contribution >= 4 is 11.6 Å². The summed E-state index contributed by atoms with van der Waals surface area (Å²) in [5.74, 6) is 0. The van der Waals surface area contributed by atoms with Crippen LogP contribution in [0.1, 0.15) is 5.56 Å². The minimum Gasteiger partial charge on any atom is -0.317 e. The second-order valence-electron chi connectivity index (χ2n) is 2.09. The summed E-state index contributed by atoms with van der Waals surface area (Å²) >= 11 is 5.75. The predicted molar refractivity (Wildman–Crippen MR) is 44.4 cm³/mol. The molecule has 0 aliphatic heterocycles. The molecule has 0 amide bonds. The molecule has 0 aliphatic carbocycles. The third-order valence-corrected chi connectivity index (χ3v) is 1.67. The quantitative estimate of drug-likeness (QED) is 0.486. The van der Waals surface area contributed by atoms with Gasteiger partial charge >= 0.3 is 0 Å². The summed E-state index contributed by atoms with van der Waals surface area (Å²) in [6.07, 6.45) is 2.33. The SMILES string of the molecule is [C-]#[N+]CCc1cccnc1Cl. The number of rotatable bonds is 2. The zero-order valence-corrected chi connectivity index (χ0v) is 6.67. The number of halogens is 1. The summed E-state index contributed by atoms with van der Waals surface area (Å²) < 4.78 is 0. The molecule has 0 N–H and O–H groups in total. The molecule has 1 heterocycles. The van der Waals surface area contributed by atoms with Crippen LogP contribution in [0.4, 0.5) is 0 Å². The molecule has 0 saturated heterocycles. The van der Waals surface area contributed by atoms with E-state index in [9.17, 15) is 0 Å². The lowest BCUT2D eigenvalue weighted by molar-refractivity contribution is 1.06. The van der Waals surface area contributed by atoms with Gasteiger partial charge in [0.05, 0.1) is 0 Å². The molecule has 1 aromatic rings. The molecule has 0 radical (unpaired) electrons. The van der Waals surface area contributed by atoms with Crippen molar-refractivity contribution in [3.63, 3.8) is 0 Å². The van der Waals surface area contributed by atoms with Gasteiger partial charge in [-0.1, -0.05) is 17.7 Å². The van der Waals surface area contributed by atoms with Crippen molar-refractivity contribution in [3.8, 4) is 0 Å². The zero-order valence-electron chi connectivity index (χ0n) is 5.92. The summed E-state index contributed by atoms with van der Waals surface area (Å²) in [6, 6.07) is 3.71. The van der Waals surface area contributed by atoms with Crippen molar-refractivity contribution < 1.29 is 0 Å². The largest absolute Gasteiger partial charge is 0.317 e. The van der Waals surface area contributed by atoms with Crippen LogP contribution in [-0.4, -0.2) is 11.5 Å².